The van der Waals surface area contributed by atoms with E-state index in [1.807, 2.05) is 0 Å². The summed E-state index contributed by atoms with van der Waals surface area (Å²) in [6.07, 6.45) is 6.51. The topological polar surface area (TPSA) is 24.1 Å². The molecule has 0 spiro atoms. The second-order valence-corrected chi connectivity index (χ2v) is 4.92. The number of hydrogen-bond acceptors (Lipinski definition) is 1. The van der Waals surface area contributed by atoms with E-state index in [2.05, 4.69) is 17.6 Å². The Labute approximate surface area is 85.5 Å². The van der Waals surface area contributed by atoms with Crippen LogP contribution in [0.4, 0.5) is 0 Å². The Balaban J connectivity index is 1.67. The molecule has 0 aromatic carbocycles. The van der Waals surface area contributed by atoms with Crippen molar-refractivity contribution in [2.75, 3.05) is 0 Å². The van der Waals surface area contributed by atoms with Crippen molar-refractivity contribution in [2.45, 2.75) is 51.1 Å². The fourth-order valence-corrected chi connectivity index (χ4v) is 2.31. The molecule has 74 valence electrons. The van der Waals surface area contributed by atoms with Gasteiger partial charge in [0.15, 0.2) is 5.11 Å². The van der Waals surface area contributed by atoms with Gasteiger partial charge in [0, 0.05) is 12.1 Å². The fraction of sp³-hybridized carbons (Fsp3) is 0.900. The van der Waals surface area contributed by atoms with Crippen LogP contribution in [0.2, 0.25) is 0 Å². The van der Waals surface area contributed by atoms with Gasteiger partial charge in [-0.05, 0) is 50.2 Å². The summed E-state index contributed by atoms with van der Waals surface area (Å²) in [5, 5.41) is 7.59. The minimum atomic E-state index is 0.633. The molecule has 2 fully saturated rings. The largest absolute Gasteiger partial charge is 0.360 e. The average Bonchev–Trinajstić information content (AvgIpc) is 2.76. The van der Waals surface area contributed by atoms with Crippen molar-refractivity contribution in [1.29, 1.82) is 0 Å². The molecule has 0 saturated heterocycles. The summed E-state index contributed by atoms with van der Waals surface area (Å²) in [4.78, 5) is 0. The maximum atomic E-state index is 5.22. The summed E-state index contributed by atoms with van der Waals surface area (Å²) in [5.41, 5.74) is 0. The van der Waals surface area contributed by atoms with E-state index in [4.69, 9.17) is 12.2 Å². The monoisotopic (exact) mass is 198 g/mol. The van der Waals surface area contributed by atoms with Crippen molar-refractivity contribution in [2.24, 2.45) is 5.92 Å². The van der Waals surface area contributed by atoms with Crippen LogP contribution < -0.4 is 10.6 Å². The van der Waals surface area contributed by atoms with Crippen molar-refractivity contribution in [3.63, 3.8) is 0 Å². The smallest absolute Gasteiger partial charge is 0.166 e. The van der Waals surface area contributed by atoms with Crippen LogP contribution in [-0.4, -0.2) is 17.2 Å². The summed E-state index contributed by atoms with van der Waals surface area (Å²) < 4.78 is 0. The zero-order valence-corrected chi connectivity index (χ0v) is 8.99. The highest BCUT2D eigenvalue weighted by Crippen LogP contribution is 2.24. The molecule has 0 amide bonds. The predicted octanol–water partition coefficient (Wildman–Crippen LogP) is 1.80. The van der Waals surface area contributed by atoms with Gasteiger partial charge >= 0.3 is 0 Å². The quantitative estimate of drug-likeness (QED) is 0.662. The van der Waals surface area contributed by atoms with Crippen LogP contribution >= 0.6 is 12.2 Å². The first-order valence-corrected chi connectivity index (χ1v) is 5.72. The van der Waals surface area contributed by atoms with E-state index in [1.54, 1.807) is 0 Å². The Morgan fingerprint density at radius 2 is 1.69 bits per heavy atom. The molecular weight excluding hydrogens is 180 g/mol. The van der Waals surface area contributed by atoms with Gasteiger partial charge in [0.05, 0.1) is 0 Å². The SMILES string of the molecule is CC1CCC(NC(=S)NC2CC2)C1. The third kappa shape index (κ3) is 2.83. The maximum absolute atomic E-state index is 5.22. The van der Waals surface area contributed by atoms with Gasteiger partial charge in [-0.2, -0.15) is 0 Å². The summed E-state index contributed by atoms with van der Waals surface area (Å²) in [6.45, 7) is 2.32. The number of hydrogen-bond donors (Lipinski definition) is 2. The van der Waals surface area contributed by atoms with Crippen LogP contribution in [0.25, 0.3) is 0 Å². The van der Waals surface area contributed by atoms with Crippen LogP contribution in [0.1, 0.15) is 39.0 Å². The van der Waals surface area contributed by atoms with Crippen LogP contribution in [-0.2, 0) is 0 Å². The number of nitrogens with one attached hydrogen (secondary N) is 2. The molecule has 2 saturated carbocycles. The minimum absolute atomic E-state index is 0.633. The summed E-state index contributed by atoms with van der Waals surface area (Å²) in [7, 11) is 0. The highest BCUT2D eigenvalue weighted by Gasteiger charge is 2.25. The lowest BCUT2D eigenvalue weighted by molar-refractivity contribution is 0.567. The molecule has 2 atom stereocenters. The van der Waals surface area contributed by atoms with Crippen molar-refractivity contribution in [1.82, 2.24) is 10.6 Å². The molecular formula is C10H18N2S. The molecule has 0 aromatic rings. The molecule has 0 heterocycles. The van der Waals surface area contributed by atoms with E-state index < -0.39 is 0 Å². The summed E-state index contributed by atoms with van der Waals surface area (Å²) in [6, 6.07) is 1.31. The first-order chi connectivity index (χ1) is 6.24. The van der Waals surface area contributed by atoms with Crippen molar-refractivity contribution in [3.8, 4) is 0 Å². The molecule has 2 aliphatic carbocycles. The van der Waals surface area contributed by atoms with Crippen LogP contribution in [0.5, 0.6) is 0 Å². The molecule has 2 aliphatic rings. The van der Waals surface area contributed by atoms with Gasteiger partial charge in [0.2, 0.25) is 0 Å². The molecule has 0 radical (unpaired) electrons. The normalized spacial score (nSPS) is 33.0. The summed E-state index contributed by atoms with van der Waals surface area (Å²) in [5.74, 6) is 0.876. The van der Waals surface area contributed by atoms with E-state index in [9.17, 15) is 0 Å². The third-order valence-corrected chi connectivity index (χ3v) is 3.18. The van der Waals surface area contributed by atoms with Crippen LogP contribution in [0.3, 0.4) is 0 Å². The number of rotatable bonds is 2. The molecule has 13 heavy (non-hydrogen) atoms. The van der Waals surface area contributed by atoms with Crippen LogP contribution in [0, 0.1) is 5.92 Å². The zero-order chi connectivity index (χ0) is 9.26. The molecule has 0 aromatic heterocycles. The first kappa shape index (κ1) is 9.25. The number of thiocarbonyl (C=S) groups is 1. The van der Waals surface area contributed by atoms with Crippen molar-refractivity contribution >= 4 is 17.3 Å². The molecule has 2 nitrogen and oxygen atoms in total. The van der Waals surface area contributed by atoms with Gasteiger partial charge in [-0.1, -0.05) is 6.92 Å². The van der Waals surface area contributed by atoms with Crippen molar-refractivity contribution in [3.05, 3.63) is 0 Å². The van der Waals surface area contributed by atoms with Gasteiger partial charge in [0.1, 0.15) is 0 Å². The van der Waals surface area contributed by atoms with E-state index in [0.717, 1.165) is 11.0 Å². The lowest BCUT2D eigenvalue weighted by Crippen LogP contribution is -2.41. The van der Waals surface area contributed by atoms with E-state index >= 15 is 0 Å². The van der Waals surface area contributed by atoms with Gasteiger partial charge in [-0.15, -0.1) is 0 Å². The Bertz CT molecular complexity index is 201. The Hall–Kier alpha value is -0.310. The maximum Gasteiger partial charge on any atom is 0.166 e. The zero-order valence-electron chi connectivity index (χ0n) is 8.18. The Kier molecular flexibility index (Phi) is 2.72. The fourth-order valence-electron chi connectivity index (χ4n) is 1.98. The minimum Gasteiger partial charge on any atom is -0.360 e. The highest BCUT2D eigenvalue weighted by molar-refractivity contribution is 7.80. The van der Waals surface area contributed by atoms with Crippen LogP contribution in [0.15, 0.2) is 0 Å². The van der Waals surface area contributed by atoms with Gasteiger partial charge in [-0.25, -0.2) is 0 Å². The summed E-state index contributed by atoms with van der Waals surface area (Å²) >= 11 is 5.22. The molecule has 2 N–H and O–H groups in total. The highest BCUT2D eigenvalue weighted by atomic mass is 32.1. The molecule has 2 rings (SSSR count). The standard InChI is InChI=1S/C10H18N2S/c1-7-2-3-9(6-7)12-10(13)11-8-4-5-8/h7-9H,2-6H2,1H3,(H2,11,12,13). The van der Waals surface area contributed by atoms with E-state index in [-0.39, 0.29) is 0 Å². The average molecular weight is 198 g/mol. The van der Waals surface area contributed by atoms with Gasteiger partial charge < -0.3 is 10.6 Å². The Morgan fingerprint density at radius 1 is 1.08 bits per heavy atom. The third-order valence-electron chi connectivity index (χ3n) is 2.94. The second-order valence-electron chi connectivity index (χ2n) is 4.51. The van der Waals surface area contributed by atoms with Gasteiger partial charge in [-0.3, -0.25) is 0 Å². The lowest BCUT2D eigenvalue weighted by Gasteiger charge is -2.15. The first-order valence-electron chi connectivity index (χ1n) is 5.31. The van der Waals surface area contributed by atoms with E-state index in [0.29, 0.717) is 12.1 Å². The van der Waals surface area contributed by atoms with Crippen molar-refractivity contribution < 1.29 is 0 Å². The molecule has 0 bridgehead atoms. The molecule has 2 unspecified atom stereocenters. The van der Waals surface area contributed by atoms with E-state index in [1.165, 1.54) is 32.1 Å². The lowest BCUT2D eigenvalue weighted by atomic mass is 10.1. The molecule has 3 heteroatoms. The Morgan fingerprint density at radius 3 is 2.23 bits per heavy atom. The second kappa shape index (κ2) is 3.82. The predicted molar refractivity (Wildman–Crippen MR) is 58.7 cm³/mol. The molecule has 0 aliphatic heterocycles. The van der Waals surface area contributed by atoms with Gasteiger partial charge in [0.25, 0.3) is 0 Å².